The van der Waals surface area contributed by atoms with Gasteiger partial charge in [0.15, 0.2) is 5.11 Å². The van der Waals surface area contributed by atoms with Gasteiger partial charge in [0.1, 0.15) is 0 Å². The van der Waals surface area contributed by atoms with Gasteiger partial charge in [-0.3, -0.25) is 0 Å². The molecule has 0 aromatic carbocycles. The van der Waals surface area contributed by atoms with Crippen molar-refractivity contribution in [1.82, 2.24) is 9.80 Å². The molecule has 2 nitrogen and oxygen atoms in total. The fraction of sp³-hybridized carbons (Fsp3) is 0.857. The zero-order chi connectivity index (χ0) is 7.56. The first-order valence-electron chi connectivity index (χ1n) is 3.68. The maximum absolute atomic E-state index is 5.19. The molecule has 1 rings (SSSR count). The normalized spacial score (nSPS) is 21.2. The molecule has 0 atom stereocenters. The molecular formula is C7H14N2S. The van der Waals surface area contributed by atoms with Crippen molar-refractivity contribution in [3.05, 3.63) is 0 Å². The summed E-state index contributed by atoms with van der Waals surface area (Å²) in [5.41, 5.74) is 0. The summed E-state index contributed by atoms with van der Waals surface area (Å²) >= 11 is 5.19. The molecule has 0 amide bonds. The average molecular weight is 158 g/mol. The molecule has 10 heavy (non-hydrogen) atoms. The van der Waals surface area contributed by atoms with Crippen LogP contribution in [0, 0.1) is 0 Å². The summed E-state index contributed by atoms with van der Waals surface area (Å²) in [6.07, 6.45) is 2.53. The first-order chi connectivity index (χ1) is 4.72. The van der Waals surface area contributed by atoms with Gasteiger partial charge in [-0.1, -0.05) is 0 Å². The Morgan fingerprint density at radius 2 is 1.50 bits per heavy atom. The fourth-order valence-corrected chi connectivity index (χ4v) is 1.36. The topological polar surface area (TPSA) is 6.48 Å². The van der Waals surface area contributed by atoms with Crippen LogP contribution < -0.4 is 0 Å². The molecule has 0 aromatic rings. The minimum absolute atomic E-state index is 0.984. The standard InChI is InChI=1S/C7H14N2S/c1-8-5-3-4-6-9(2)7(8)10/h3-6H2,1-2H3. The predicted molar refractivity (Wildman–Crippen MR) is 47.1 cm³/mol. The van der Waals surface area contributed by atoms with Crippen LogP contribution in [0.25, 0.3) is 0 Å². The molecule has 0 N–H and O–H groups in total. The van der Waals surface area contributed by atoms with E-state index in [4.69, 9.17) is 12.2 Å². The summed E-state index contributed by atoms with van der Waals surface area (Å²) in [7, 11) is 4.12. The molecule has 0 radical (unpaired) electrons. The van der Waals surface area contributed by atoms with Crippen LogP contribution in [0.2, 0.25) is 0 Å². The van der Waals surface area contributed by atoms with Gasteiger partial charge in [-0.05, 0) is 25.1 Å². The van der Waals surface area contributed by atoms with Gasteiger partial charge in [0, 0.05) is 27.2 Å². The first-order valence-corrected chi connectivity index (χ1v) is 4.09. The van der Waals surface area contributed by atoms with E-state index in [1.165, 1.54) is 12.8 Å². The summed E-state index contributed by atoms with van der Waals surface area (Å²) in [6.45, 7) is 2.23. The van der Waals surface area contributed by atoms with Crippen LogP contribution in [0.3, 0.4) is 0 Å². The highest BCUT2D eigenvalue weighted by Gasteiger charge is 2.12. The zero-order valence-corrected chi connectivity index (χ0v) is 7.45. The van der Waals surface area contributed by atoms with E-state index in [1.54, 1.807) is 0 Å². The van der Waals surface area contributed by atoms with Gasteiger partial charge in [0.05, 0.1) is 0 Å². The third-order valence-corrected chi connectivity index (χ3v) is 2.51. The number of hydrogen-bond donors (Lipinski definition) is 0. The Morgan fingerprint density at radius 1 is 1.10 bits per heavy atom. The largest absolute Gasteiger partial charge is 0.352 e. The van der Waals surface area contributed by atoms with Crippen LogP contribution in [0.1, 0.15) is 12.8 Å². The second kappa shape index (κ2) is 3.19. The van der Waals surface area contributed by atoms with Crippen LogP contribution >= 0.6 is 12.2 Å². The fourth-order valence-electron chi connectivity index (χ4n) is 1.18. The van der Waals surface area contributed by atoms with Crippen molar-refractivity contribution >= 4 is 17.3 Å². The molecule has 0 saturated carbocycles. The van der Waals surface area contributed by atoms with Crippen molar-refractivity contribution in [2.24, 2.45) is 0 Å². The lowest BCUT2D eigenvalue weighted by atomic mass is 10.3. The Labute approximate surface area is 67.8 Å². The molecule has 1 aliphatic rings. The molecule has 1 heterocycles. The van der Waals surface area contributed by atoms with Gasteiger partial charge in [0.25, 0.3) is 0 Å². The van der Waals surface area contributed by atoms with E-state index in [1.807, 2.05) is 0 Å². The molecule has 3 heteroatoms. The summed E-state index contributed by atoms with van der Waals surface area (Å²) in [6, 6.07) is 0. The van der Waals surface area contributed by atoms with Gasteiger partial charge in [0.2, 0.25) is 0 Å². The quantitative estimate of drug-likeness (QED) is 0.484. The average Bonchev–Trinajstić information content (AvgIpc) is 2.04. The molecule has 1 aliphatic heterocycles. The Balaban J connectivity index is 2.55. The van der Waals surface area contributed by atoms with Crippen molar-refractivity contribution in [3.8, 4) is 0 Å². The lowest BCUT2D eigenvalue weighted by Crippen LogP contribution is -2.36. The van der Waals surface area contributed by atoms with Gasteiger partial charge >= 0.3 is 0 Å². The maximum atomic E-state index is 5.19. The van der Waals surface area contributed by atoms with Crippen molar-refractivity contribution in [3.63, 3.8) is 0 Å². The van der Waals surface area contributed by atoms with E-state index in [2.05, 4.69) is 23.9 Å². The van der Waals surface area contributed by atoms with E-state index in [0.717, 1.165) is 18.2 Å². The van der Waals surface area contributed by atoms with Crippen LogP contribution in [0.15, 0.2) is 0 Å². The van der Waals surface area contributed by atoms with Gasteiger partial charge in [-0.2, -0.15) is 0 Å². The number of hydrogen-bond acceptors (Lipinski definition) is 1. The molecule has 58 valence electrons. The number of thiocarbonyl (C=S) groups is 1. The third kappa shape index (κ3) is 1.59. The maximum Gasteiger partial charge on any atom is 0.171 e. The number of nitrogens with zero attached hydrogens (tertiary/aromatic N) is 2. The second-order valence-corrected chi connectivity index (χ2v) is 3.20. The van der Waals surface area contributed by atoms with Crippen LogP contribution in [-0.2, 0) is 0 Å². The molecule has 0 aliphatic carbocycles. The molecule has 0 spiro atoms. The SMILES string of the molecule is CN1CCCCN(C)C1=S. The van der Waals surface area contributed by atoms with Crippen molar-refractivity contribution in [1.29, 1.82) is 0 Å². The van der Waals surface area contributed by atoms with E-state index in [0.29, 0.717) is 0 Å². The predicted octanol–water partition coefficient (Wildman–Crippen LogP) is 0.929. The molecule has 1 fully saturated rings. The van der Waals surface area contributed by atoms with Crippen LogP contribution in [0.5, 0.6) is 0 Å². The minimum Gasteiger partial charge on any atom is -0.352 e. The van der Waals surface area contributed by atoms with E-state index in [-0.39, 0.29) is 0 Å². The summed E-state index contributed by atoms with van der Waals surface area (Å²) in [4.78, 5) is 4.28. The molecule has 0 aromatic heterocycles. The molecular weight excluding hydrogens is 144 g/mol. The van der Waals surface area contributed by atoms with E-state index >= 15 is 0 Å². The number of rotatable bonds is 0. The summed E-state index contributed by atoms with van der Waals surface area (Å²) in [5, 5.41) is 0.984. The summed E-state index contributed by atoms with van der Waals surface area (Å²) in [5.74, 6) is 0. The van der Waals surface area contributed by atoms with Gasteiger partial charge in [-0.15, -0.1) is 0 Å². The highest BCUT2D eigenvalue weighted by molar-refractivity contribution is 7.80. The van der Waals surface area contributed by atoms with Gasteiger partial charge < -0.3 is 9.80 Å². The summed E-state index contributed by atoms with van der Waals surface area (Å²) < 4.78 is 0. The monoisotopic (exact) mass is 158 g/mol. The van der Waals surface area contributed by atoms with E-state index < -0.39 is 0 Å². The van der Waals surface area contributed by atoms with Crippen LogP contribution in [-0.4, -0.2) is 42.1 Å². The van der Waals surface area contributed by atoms with Crippen molar-refractivity contribution < 1.29 is 0 Å². The Kier molecular flexibility index (Phi) is 2.49. The van der Waals surface area contributed by atoms with Crippen molar-refractivity contribution in [2.75, 3.05) is 27.2 Å². The smallest absolute Gasteiger partial charge is 0.171 e. The van der Waals surface area contributed by atoms with Crippen LogP contribution in [0.4, 0.5) is 0 Å². The van der Waals surface area contributed by atoms with E-state index in [9.17, 15) is 0 Å². The molecule has 1 saturated heterocycles. The zero-order valence-electron chi connectivity index (χ0n) is 6.63. The van der Waals surface area contributed by atoms with Crippen molar-refractivity contribution in [2.45, 2.75) is 12.8 Å². The van der Waals surface area contributed by atoms with Gasteiger partial charge in [-0.25, -0.2) is 0 Å². The highest BCUT2D eigenvalue weighted by atomic mass is 32.1. The molecule has 0 unspecified atom stereocenters. The third-order valence-electron chi connectivity index (χ3n) is 1.89. The second-order valence-electron chi connectivity index (χ2n) is 2.83. The first kappa shape index (κ1) is 7.79. The lowest BCUT2D eigenvalue weighted by Gasteiger charge is -2.23. The molecule has 0 bridgehead atoms. The Bertz CT molecular complexity index is 122. The highest BCUT2D eigenvalue weighted by Crippen LogP contribution is 2.04. The Morgan fingerprint density at radius 3 is 1.90 bits per heavy atom. The minimum atomic E-state index is 0.984. The lowest BCUT2D eigenvalue weighted by molar-refractivity contribution is 0.453. The Hall–Kier alpha value is -0.310.